The van der Waals surface area contributed by atoms with Crippen LogP contribution in [0, 0.1) is 6.92 Å². The molecule has 0 fully saturated rings. The van der Waals surface area contributed by atoms with Crippen molar-refractivity contribution in [3.05, 3.63) is 64.4 Å². The smallest absolute Gasteiger partial charge is 0.159 e. The molecule has 24 heavy (non-hydrogen) atoms. The summed E-state index contributed by atoms with van der Waals surface area (Å²) in [5.41, 5.74) is 9.13. The Balaban J connectivity index is 1.89. The molecule has 0 aliphatic carbocycles. The second-order valence-electron chi connectivity index (χ2n) is 5.16. The molecule has 0 saturated carbocycles. The number of halogens is 2. The first kappa shape index (κ1) is 16.4. The second-order valence-corrected chi connectivity index (χ2v) is 6.00. The van der Waals surface area contributed by atoms with Crippen LogP contribution in [0.25, 0.3) is 0 Å². The van der Waals surface area contributed by atoms with Gasteiger partial charge in [-0.3, -0.25) is 0 Å². The minimum atomic E-state index is 0.400. The fourth-order valence-corrected chi connectivity index (χ4v) is 2.53. The Bertz CT molecular complexity index is 883. The van der Waals surface area contributed by atoms with Crippen molar-refractivity contribution < 1.29 is 0 Å². The Labute approximate surface area is 149 Å². The number of nitrogens with one attached hydrogen (secondary N) is 2. The van der Waals surface area contributed by atoms with Crippen LogP contribution >= 0.6 is 23.2 Å². The highest BCUT2D eigenvalue weighted by Crippen LogP contribution is 2.31. The van der Waals surface area contributed by atoms with Gasteiger partial charge in [0.2, 0.25) is 0 Å². The lowest BCUT2D eigenvalue weighted by molar-refractivity contribution is 1.17. The molecular formula is C17H15Cl2N5. The molecule has 3 aromatic rings. The summed E-state index contributed by atoms with van der Waals surface area (Å²) in [6.07, 6.45) is 1.44. The van der Waals surface area contributed by atoms with Gasteiger partial charge in [-0.25, -0.2) is 9.97 Å². The van der Waals surface area contributed by atoms with E-state index in [2.05, 4.69) is 20.6 Å². The minimum absolute atomic E-state index is 0.400. The number of hydrogen-bond acceptors (Lipinski definition) is 5. The van der Waals surface area contributed by atoms with Crippen LogP contribution in [0.2, 0.25) is 10.0 Å². The third-order valence-corrected chi connectivity index (χ3v) is 4.14. The fourth-order valence-electron chi connectivity index (χ4n) is 2.17. The number of benzene rings is 2. The van der Waals surface area contributed by atoms with Gasteiger partial charge in [-0.15, -0.1) is 0 Å². The van der Waals surface area contributed by atoms with Crippen molar-refractivity contribution in [1.82, 2.24) is 9.97 Å². The van der Waals surface area contributed by atoms with E-state index in [1.807, 2.05) is 37.3 Å². The zero-order valence-corrected chi connectivity index (χ0v) is 14.4. The molecule has 4 N–H and O–H groups in total. The van der Waals surface area contributed by atoms with Crippen LogP contribution in [0.4, 0.5) is 28.7 Å². The number of anilines is 5. The van der Waals surface area contributed by atoms with Crippen molar-refractivity contribution in [3.8, 4) is 0 Å². The van der Waals surface area contributed by atoms with Crippen LogP contribution in [0.5, 0.6) is 0 Å². The van der Waals surface area contributed by atoms with E-state index in [-0.39, 0.29) is 0 Å². The van der Waals surface area contributed by atoms with E-state index >= 15 is 0 Å². The van der Waals surface area contributed by atoms with Gasteiger partial charge < -0.3 is 16.4 Å². The molecule has 3 rings (SSSR count). The Morgan fingerprint density at radius 3 is 2.42 bits per heavy atom. The molecule has 0 saturated heterocycles. The average molecular weight is 360 g/mol. The van der Waals surface area contributed by atoms with E-state index in [1.54, 1.807) is 12.1 Å². The predicted molar refractivity (Wildman–Crippen MR) is 101 cm³/mol. The van der Waals surface area contributed by atoms with Gasteiger partial charge in [-0.05, 0) is 42.8 Å². The lowest BCUT2D eigenvalue weighted by Crippen LogP contribution is -2.05. The highest BCUT2D eigenvalue weighted by atomic mass is 35.5. The summed E-state index contributed by atoms with van der Waals surface area (Å²) in [5, 5.41) is 7.63. The fraction of sp³-hybridized carbons (Fsp3) is 0.0588. The standard InChI is InChI=1S/C17H15Cl2N5/c1-10-13(19)6-3-7-14(10)24-17-15(20)16(21-9-22-17)23-12-5-2-4-11(18)8-12/h2-9H,20H2,1H3,(H2,21,22,23,24). The Hall–Kier alpha value is -2.50. The molecule has 122 valence electrons. The largest absolute Gasteiger partial charge is 0.393 e. The summed E-state index contributed by atoms with van der Waals surface area (Å²) in [5.74, 6) is 0.995. The van der Waals surface area contributed by atoms with Crippen molar-refractivity contribution in [2.45, 2.75) is 6.92 Å². The maximum Gasteiger partial charge on any atom is 0.159 e. The number of nitrogens with zero attached hydrogens (tertiary/aromatic N) is 2. The minimum Gasteiger partial charge on any atom is -0.393 e. The van der Waals surface area contributed by atoms with E-state index in [9.17, 15) is 0 Å². The Kier molecular flexibility index (Phi) is 4.74. The van der Waals surface area contributed by atoms with Crippen LogP contribution in [0.3, 0.4) is 0 Å². The molecule has 0 bridgehead atoms. The zero-order chi connectivity index (χ0) is 17.1. The lowest BCUT2D eigenvalue weighted by atomic mass is 10.2. The molecule has 7 heteroatoms. The summed E-state index contributed by atoms with van der Waals surface area (Å²) in [7, 11) is 0. The van der Waals surface area contributed by atoms with Gasteiger partial charge in [0.05, 0.1) is 0 Å². The Morgan fingerprint density at radius 1 is 0.958 bits per heavy atom. The van der Waals surface area contributed by atoms with Crippen molar-refractivity contribution in [1.29, 1.82) is 0 Å². The molecule has 0 spiro atoms. The summed E-state index contributed by atoms with van der Waals surface area (Å²) in [6.45, 7) is 1.92. The number of hydrogen-bond donors (Lipinski definition) is 3. The van der Waals surface area contributed by atoms with Gasteiger partial charge in [0.25, 0.3) is 0 Å². The maximum absolute atomic E-state index is 6.19. The highest BCUT2D eigenvalue weighted by molar-refractivity contribution is 6.31. The average Bonchev–Trinajstić information content (AvgIpc) is 2.55. The normalized spacial score (nSPS) is 10.5. The first-order valence-electron chi connectivity index (χ1n) is 7.20. The third-order valence-electron chi connectivity index (χ3n) is 3.49. The molecule has 0 atom stereocenters. The van der Waals surface area contributed by atoms with E-state index < -0.39 is 0 Å². The van der Waals surface area contributed by atoms with Gasteiger partial charge in [-0.1, -0.05) is 35.3 Å². The topological polar surface area (TPSA) is 75.9 Å². The van der Waals surface area contributed by atoms with E-state index in [4.69, 9.17) is 28.9 Å². The predicted octanol–water partition coefficient (Wildman–Crippen LogP) is 5.16. The quantitative estimate of drug-likeness (QED) is 0.599. The molecule has 0 aliphatic heterocycles. The van der Waals surface area contributed by atoms with Gasteiger partial charge in [0, 0.05) is 21.4 Å². The molecule has 2 aromatic carbocycles. The molecule has 0 amide bonds. The number of aromatic nitrogens is 2. The first-order valence-corrected chi connectivity index (χ1v) is 7.95. The van der Waals surface area contributed by atoms with Crippen molar-refractivity contribution in [3.63, 3.8) is 0 Å². The molecule has 5 nitrogen and oxygen atoms in total. The van der Waals surface area contributed by atoms with Crippen molar-refractivity contribution in [2.24, 2.45) is 0 Å². The monoisotopic (exact) mass is 359 g/mol. The highest BCUT2D eigenvalue weighted by Gasteiger charge is 2.10. The second kappa shape index (κ2) is 6.95. The number of nitrogen functional groups attached to an aromatic ring is 1. The van der Waals surface area contributed by atoms with Crippen LogP contribution in [-0.4, -0.2) is 9.97 Å². The van der Waals surface area contributed by atoms with Gasteiger partial charge in [-0.2, -0.15) is 0 Å². The lowest BCUT2D eigenvalue weighted by Gasteiger charge is -2.14. The first-order chi connectivity index (χ1) is 11.5. The van der Waals surface area contributed by atoms with Gasteiger partial charge >= 0.3 is 0 Å². The van der Waals surface area contributed by atoms with Crippen LogP contribution in [0.15, 0.2) is 48.8 Å². The Morgan fingerprint density at radius 2 is 1.67 bits per heavy atom. The SMILES string of the molecule is Cc1c(Cl)cccc1Nc1ncnc(Nc2cccc(Cl)c2)c1N. The van der Waals surface area contributed by atoms with Gasteiger partial charge in [0.1, 0.15) is 12.0 Å². The maximum atomic E-state index is 6.19. The van der Waals surface area contributed by atoms with Crippen LogP contribution in [-0.2, 0) is 0 Å². The van der Waals surface area contributed by atoms with Crippen LogP contribution < -0.4 is 16.4 Å². The van der Waals surface area contributed by atoms with E-state index in [1.165, 1.54) is 6.33 Å². The number of rotatable bonds is 4. The molecular weight excluding hydrogens is 345 g/mol. The van der Waals surface area contributed by atoms with Crippen LogP contribution in [0.1, 0.15) is 5.56 Å². The van der Waals surface area contributed by atoms with Gasteiger partial charge in [0.15, 0.2) is 11.6 Å². The summed E-state index contributed by atoms with van der Waals surface area (Å²) in [6, 6.07) is 12.9. The van der Waals surface area contributed by atoms with E-state index in [0.717, 1.165) is 16.9 Å². The molecule has 0 radical (unpaired) electrons. The molecule has 0 aliphatic rings. The third kappa shape index (κ3) is 3.53. The van der Waals surface area contributed by atoms with Crippen molar-refractivity contribution in [2.75, 3.05) is 16.4 Å². The van der Waals surface area contributed by atoms with E-state index in [0.29, 0.717) is 27.4 Å². The summed E-state index contributed by atoms with van der Waals surface area (Å²) >= 11 is 12.1. The van der Waals surface area contributed by atoms with Crippen molar-refractivity contribution >= 4 is 51.9 Å². The summed E-state index contributed by atoms with van der Waals surface area (Å²) < 4.78 is 0. The molecule has 0 unspecified atom stereocenters. The molecule has 1 aromatic heterocycles. The molecule has 1 heterocycles. The number of nitrogens with two attached hydrogens (primary N) is 1. The summed E-state index contributed by atoms with van der Waals surface area (Å²) in [4.78, 5) is 8.40. The zero-order valence-electron chi connectivity index (χ0n) is 12.8.